The first kappa shape index (κ1) is 43.7. The minimum Gasteiger partial charge on any atom is -0.504 e. The summed E-state index contributed by atoms with van der Waals surface area (Å²) in [6.07, 6.45) is 0. The largest absolute Gasteiger partial charge is 0.504 e. The number of hydrogen-bond donors (Lipinski definition) is 8. The van der Waals surface area contributed by atoms with Gasteiger partial charge >= 0.3 is 0 Å². The summed E-state index contributed by atoms with van der Waals surface area (Å²) in [4.78, 5) is 0. The van der Waals surface area contributed by atoms with E-state index in [9.17, 15) is 25.5 Å². The third-order valence-electron chi connectivity index (χ3n) is 11.5. The Balaban J connectivity index is 0.000000138. The molecule has 5 atom stereocenters. The number of para-hydroxylation sites is 2. The van der Waals surface area contributed by atoms with Crippen LogP contribution in [0.4, 0.5) is 0 Å². The number of fused-ring (bicyclic) bond motifs is 6. The summed E-state index contributed by atoms with van der Waals surface area (Å²) in [6, 6.07) is 35.0. The molecular weight excluding hydrogens is 817 g/mol. The van der Waals surface area contributed by atoms with E-state index in [1.165, 1.54) is 6.07 Å². The van der Waals surface area contributed by atoms with Crippen molar-refractivity contribution < 1.29 is 39.7 Å². The van der Waals surface area contributed by atoms with Crippen LogP contribution in [0.2, 0.25) is 10.0 Å². The van der Waals surface area contributed by atoms with E-state index in [1.807, 2.05) is 72.8 Å². The number of benzene rings is 6. The average Bonchev–Trinajstić information content (AvgIpc) is 3.53. The molecule has 0 bridgehead atoms. The number of ether oxygens (including phenoxy) is 3. The third-order valence-corrected chi connectivity index (χ3v) is 12.0. The first-order valence-corrected chi connectivity index (χ1v) is 20.5. The molecular formula is C48H49Cl2N3O8. The van der Waals surface area contributed by atoms with Gasteiger partial charge < -0.3 is 56.5 Å². The number of aliphatic hydroxyl groups is 3. The first-order valence-electron chi connectivity index (χ1n) is 19.8. The Morgan fingerprint density at radius 2 is 1.07 bits per heavy atom. The number of rotatable bonds is 4. The minimum absolute atomic E-state index is 0.0819. The highest BCUT2D eigenvalue weighted by atomic mass is 35.5. The zero-order valence-corrected chi connectivity index (χ0v) is 35.4. The number of nitrogens with two attached hydrogens (primary N) is 2. The van der Waals surface area contributed by atoms with E-state index < -0.39 is 28.9 Å². The smallest absolute Gasteiger partial charge is 0.164 e. The summed E-state index contributed by atoms with van der Waals surface area (Å²) < 4.78 is 17.3. The lowest BCUT2D eigenvalue weighted by molar-refractivity contribution is 0.0570. The molecule has 3 aliphatic rings. The topological polar surface area (TPSA) is 193 Å². The lowest BCUT2D eigenvalue weighted by Gasteiger charge is -2.33. The van der Waals surface area contributed by atoms with E-state index in [0.29, 0.717) is 68.3 Å². The van der Waals surface area contributed by atoms with Gasteiger partial charge in [0.15, 0.2) is 11.5 Å². The number of phenols is 2. The molecule has 9 rings (SSSR count). The predicted octanol–water partition coefficient (Wildman–Crippen LogP) is 7.08. The van der Waals surface area contributed by atoms with E-state index in [-0.39, 0.29) is 24.7 Å². The van der Waals surface area contributed by atoms with Crippen molar-refractivity contribution in [2.24, 2.45) is 11.5 Å². The maximum atomic E-state index is 11.3. The van der Waals surface area contributed by atoms with Crippen LogP contribution in [0.1, 0.15) is 63.9 Å². The fraction of sp³-hybridized carbons (Fsp3) is 0.250. The quantitative estimate of drug-likeness (QED) is 0.0845. The summed E-state index contributed by atoms with van der Waals surface area (Å²) >= 11 is 12.1. The van der Waals surface area contributed by atoms with Crippen molar-refractivity contribution in [2.75, 3.05) is 13.6 Å². The van der Waals surface area contributed by atoms with Crippen LogP contribution < -0.4 is 31.0 Å². The van der Waals surface area contributed by atoms with Crippen LogP contribution in [0.5, 0.6) is 28.7 Å². The standard InChI is InChI=1S/2C16H16ClNO2.C16H17NO4/c1-10(18)16(19)13-7-6-12(17)8-11(13)9-20-15-5-3-2-4-14(15)16;1-10(18)16(19)13-5-3-2-4-11(13)9-20-15-7-6-12(17)8-14(15)16;1-17-9-16(20)11-6-7-13(18)15(19)10(11)8-21-14-5-3-2-4-12(14)16/h2*2-8,10,19H,9,18H2,1H3;2-7,17-20H,8-9H2,1H3. The molecule has 0 amide bonds. The Hall–Kier alpha value is -5.34. The summed E-state index contributed by atoms with van der Waals surface area (Å²) in [5.41, 5.74) is 14.4. The highest BCUT2D eigenvalue weighted by Gasteiger charge is 2.43. The zero-order chi connectivity index (χ0) is 43.7. The van der Waals surface area contributed by atoms with Crippen LogP contribution in [0.15, 0.2) is 121 Å². The molecule has 3 heterocycles. The average molecular weight is 867 g/mol. The number of nitrogens with one attached hydrogen (secondary N) is 1. The normalized spacial score (nSPS) is 21.5. The lowest BCUT2D eigenvalue weighted by Crippen LogP contribution is -2.44. The Bertz CT molecular complexity index is 2550. The Kier molecular flexibility index (Phi) is 12.6. The molecule has 5 unspecified atom stereocenters. The van der Waals surface area contributed by atoms with Gasteiger partial charge in [-0.15, -0.1) is 0 Å². The van der Waals surface area contributed by atoms with E-state index >= 15 is 0 Å². The molecule has 6 aromatic carbocycles. The molecule has 6 aromatic rings. The van der Waals surface area contributed by atoms with Gasteiger partial charge in [-0.1, -0.05) is 96.0 Å². The van der Waals surface area contributed by atoms with Crippen molar-refractivity contribution in [1.82, 2.24) is 5.32 Å². The second-order valence-corrected chi connectivity index (χ2v) is 16.3. The van der Waals surface area contributed by atoms with Crippen molar-refractivity contribution in [3.8, 4) is 28.7 Å². The summed E-state index contributed by atoms with van der Waals surface area (Å²) in [5.74, 6) is 1.35. The van der Waals surface area contributed by atoms with Crippen molar-refractivity contribution in [3.05, 3.63) is 181 Å². The third kappa shape index (κ3) is 8.00. The SMILES string of the molecule is CC(N)C1(O)c2ccc(Cl)cc2COc2ccccc21.CC(N)C1(O)c2ccccc2COc2ccc(Cl)cc21.CNCC1(O)c2ccccc2OCc2c1ccc(O)c2O. The van der Waals surface area contributed by atoms with Gasteiger partial charge in [-0.25, -0.2) is 0 Å². The monoisotopic (exact) mass is 865 g/mol. The number of phenolic OH excluding ortho intramolecular Hbond substituents is 2. The zero-order valence-electron chi connectivity index (χ0n) is 33.9. The van der Waals surface area contributed by atoms with Gasteiger partial charge in [0.25, 0.3) is 0 Å². The maximum absolute atomic E-state index is 11.3. The summed E-state index contributed by atoms with van der Waals surface area (Å²) in [6.45, 7) is 4.68. The lowest BCUT2D eigenvalue weighted by atomic mass is 9.79. The highest BCUT2D eigenvalue weighted by Crippen LogP contribution is 2.46. The second kappa shape index (κ2) is 17.6. The summed E-state index contributed by atoms with van der Waals surface area (Å²) in [7, 11) is 1.74. The number of hydrogen-bond acceptors (Lipinski definition) is 11. The fourth-order valence-corrected chi connectivity index (χ4v) is 8.69. The van der Waals surface area contributed by atoms with Gasteiger partial charge in [0.05, 0.1) is 0 Å². The molecule has 61 heavy (non-hydrogen) atoms. The molecule has 0 radical (unpaired) electrons. The second-order valence-electron chi connectivity index (χ2n) is 15.4. The Morgan fingerprint density at radius 1 is 0.574 bits per heavy atom. The molecule has 13 heteroatoms. The van der Waals surface area contributed by atoms with Crippen LogP contribution in [-0.2, 0) is 36.6 Å². The number of halogens is 2. The molecule has 0 aliphatic carbocycles. The molecule has 11 nitrogen and oxygen atoms in total. The van der Waals surface area contributed by atoms with Crippen LogP contribution in [0.3, 0.4) is 0 Å². The van der Waals surface area contributed by atoms with Gasteiger partial charge in [0.1, 0.15) is 53.9 Å². The van der Waals surface area contributed by atoms with E-state index in [1.54, 1.807) is 63.4 Å². The molecule has 318 valence electrons. The van der Waals surface area contributed by atoms with Crippen LogP contribution in [0.25, 0.3) is 0 Å². The molecule has 10 N–H and O–H groups in total. The van der Waals surface area contributed by atoms with E-state index in [0.717, 1.165) is 22.3 Å². The van der Waals surface area contributed by atoms with Gasteiger partial charge in [0, 0.05) is 50.9 Å². The van der Waals surface area contributed by atoms with Crippen molar-refractivity contribution >= 4 is 23.2 Å². The number of likely N-dealkylation sites (N-methyl/N-ethyl adjacent to an activating group) is 1. The molecule has 0 saturated heterocycles. The van der Waals surface area contributed by atoms with Gasteiger partial charge in [-0.05, 0) is 97.2 Å². The highest BCUT2D eigenvalue weighted by molar-refractivity contribution is 6.31. The molecule has 0 saturated carbocycles. The van der Waals surface area contributed by atoms with Crippen molar-refractivity contribution in [3.63, 3.8) is 0 Å². The molecule has 0 fully saturated rings. The predicted molar refractivity (Wildman–Crippen MR) is 235 cm³/mol. The van der Waals surface area contributed by atoms with Gasteiger partial charge in [0.2, 0.25) is 0 Å². The molecule has 0 aromatic heterocycles. The summed E-state index contributed by atoms with van der Waals surface area (Å²) in [5, 5.41) is 57.7. The van der Waals surface area contributed by atoms with Crippen molar-refractivity contribution in [1.29, 1.82) is 0 Å². The minimum atomic E-state index is -1.34. The van der Waals surface area contributed by atoms with Crippen molar-refractivity contribution in [2.45, 2.75) is 62.6 Å². The van der Waals surface area contributed by atoms with Gasteiger partial charge in [-0.2, -0.15) is 0 Å². The first-order chi connectivity index (χ1) is 29.1. The van der Waals surface area contributed by atoms with Crippen LogP contribution in [-0.4, -0.2) is 51.2 Å². The Labute approximate surface area is 364 Å². The van der Waals surface area contributed by atoms with E-state index in [4.69, 9.17) is 48.9 Å². The molecule has 0 spiro atoms. The number of aromatic hydroxyl groups is 2. The van der Waals surface area contributed by atoms with Crippen LogP contribution >= 0.6 is 23.2 Å². The fourth-order valence-electron chi connectivity index (χ4n) is 8.32. The van der Waals surface area contributed by atoms with E-state index in [2.05, 4.69) is 5.32 Å². The molecule has 3 aliphatic heterocycles. The Morgan fingerprint density at radius 3 is 1.74 bits per heavy atom. The maximum Gasteiger partial charge on any atom is 0.164 e. The van der Waals surface area contributed by atoms with Crippen LogP contribution in [0, 0.1) is 0 Å². The van der Waals surface area contributed by atoms with Gasteiger partial charge in [-0.3, -0.25) is 0 Å².